The zero-order chi connectivity index (χ0) is 8.97. The van der Waals surface area contributed by atoms with Gasteiger partial charge in [-0.3, -0.25) is 5.10 Å². The van der Waals surface area contributed by atoms with Crippen molar-refractivity contribution in [2.45, 2.75) is 26.7 Å². The minimum atomic E-state index is 0.559. The standard InChI is InChI=1S/C8H16N4/c1-6(5-9)3-4-8-10-7(2)11-12-8/h6H,3-5,9H2,1-2H3,(H,10,11,12). The smallest absolute Gasteiger partial charge is 0.150 e. The largest absolute Gasteiger partial charge is 0.330 e. The molecule has 1 aromatic heterocycles. The van der Waals surface area contributed by atoms with Gasteiger partial charge in [0.2, 0.25) is 0 Å². The van der Waals surface area contributed by atoms with E-state index < -0.39 is 0 Å². The lowest BCUT2D eigenvalue weighted by Crippen LogP contribution is -2.11. The fourth-order valence-electron chi connectivity index (χ4n) is 0.994. The van der Waals surface area contributed by atoms with Crippen molar-refractivity contribution in [3.63, 3.8) is 0 Å². The molecule has 0 spiro atoms. The van der Waals surface area contributed by atoms with Crippen molar-refractivity contribution in [2.75, 3.05) is 6.54 Å². The number of rotatable bonds is 4. The molecular weight excluding hydrogens is 152 g/mol. The van der Waals surface area contributed by atoms with Crippen molar-refractivity contribution in [1.29, 1.82) is 0 Å². The topological polar surface area (TPSA) is 67.6 Å². The summed E-state index contributed by atoms with van der Waals surface area (Å²) in [4.78, 5) is 4.21. The molecule has 0 aromatic carbocycles. The molecule has 68 valence electrons. The van der Waals surface area contributed by atoms with Crippen LogP contribution in [0.15, 0.2) is 0 Å². The van der Waals surface area contributed by atoms with Gasteiger partial charge in [0, 0.05) is 6.42 Å². The third-order valence-corrected chi connectivity index (χ3v) is 1.91. The van der Waals surface area contributed by atoms with Crippen molar-refractivity contribution in [3.8, 4) is 0 Å². The molecule has 4 heteroatoms. The molecule has 0 saturated carbocycles. The van der Waals surface area contributed by atoms with Crippen molar-refractivity contribution < 1.29 is 0 Å². The van der Waals surface area contributed by atoms with E-state index in [0.29, 0.717) is 5.92 Å². The summed E-state index contributed by atoms with van der Waals surface area (Å²) in [7, 11) is 0. The Kier molecular flexibility index (Phi) is 3.22. The van der Waals surface area contributed by atoms with Crippen molar-refractivity contribution in [1.82, 2.24) is 15.2 Å². The molecule has 0 aliphatic rings. The van der Waals surface area contributed by atoms with Gasteiger partial charge in [-0.25, -0.2) is 4.98 Å². The van der Waals surface area contributed by atoms with Gasteiger partial charge in [0.1, 0.15) is 5.82 Å². The Morgan fingerprint density at radius 3 is 2.83 bits per heavy atom. The first kappa shape index (κ1) is 9.19. The van der Waals surface area contributed by atoms with E-state index in [9.17, 15) is 0 Å². The minimum absolute atomic E-state index is 0.559. The fraction of sp³-hybridized carbons (Fsp3) is 0.750. The van der Waals surface area contributed by atoms with Gasteiger partial charge in [-0.15, -0.1) is 0 Å². The van der Waals surface area contributed by atoms with Crippen LogP contribution in [0, 0.1) is 12.8 Å². The Morgan fingerprint density at radius 2 is 2.33 bits per heavy atom. The van der Waals surface area contributed by atoms with Gasteiger partial charge >= 0.3 is 0 Å². The highest BCUT2D eigenvalue weighted by atomic mass is 15.2. The van der Waals surface area contributed by atoms with Crippen LogP contribution in [0.4, 0.5) is 0 Å². The minimum Gasteiger partial charge on any atom is -0.330 e. The molecular formula is C8H16N4. The summed E-state index contributed by atoms with van der Waals surface area (Å²) in [6, 6.07) is 0. The zero-order valence-corrected chi connectivity index (χ0v) is 7.67. The number of aromatic nitrogens is 3. The van der Waals surface area contributed by atoms with Crippen molar-refractivity contribution in [3.05, 3.63) is 11.6 Å². The van der Waals surface area contributed by atoms with E-state index in [1.54, 1.807) is 0 Å². The molecule has 0 radical (unpaired) electrons. The number of nitrogens with two attached hydrogens (primary N) is 1. The van der Waals surface area contributed by atoms with E-state index in [1.165, 1.54) is 0 Å². The highest BCUT2D eigenvalue weighted by Gasteiger charge is 2.03. The van der Waals surface area contributed by atoms with Gasteiger partial charge in [0.25, 0.3) is 0 Å². The van der Waals surface area contributed by atoms with E-state index in [0.717, 1.165) is 31.0 Å². The summed E-state index contributed by atoms with van der Waals surface area (Å²) in [6.07, 6.45) is 1.98. The maximum Gasteiger partial charge on any atom is 0.150 e. The maximum absolute atomic E-state index is 5.49. The van der Waals surface area contributed by atoms with Gasteiger partial charge < -0.3 is 5.73 Å². The van der Waals surface area contributed by atoms with Crippen LogP contribution in [0.3, 0.4) is 0 Å². The fourth-order valence-corrected chi connectivity index (χ4v) is 0.994. The first-order chi connectivity index (χ1) is 5.72. The van der Waals surface area contributed by atoms with E-state index in [4.69, 9.17) is 5.73 Å². The molecule has 0 aliphatic heterocycles. The van der Waals surface area contributed by atoms with Crippen LogP contribution in [-0.4, -0.2) is 21.7 Å². The van der Waals surface area contributed by atoms with Crippen molar-refractivity contribution in [2.24, 2.45) is 11.7 Å². The molecule has 0 saturated heterocycles. The molecule has 1 unspecified atom stereocenters. The first-order valence-electron chi connectivity index (χ1n) is 4.30. The molecule has 3 N–H and O–H groups in total. The summed E-state index contributed by atoms with van der Waals surface area (Å²) in [5.41, 5.74) is 5.49. The number of hydrogen-bond acceptors (Lipinski definition) is 3. The number of aromatic amines is 1. The quantitative estimate of drug-likeness (QED) is 0.693. The number of nitrogens with one attached hydrogen (secondary N) is 1. The molecule has 1 rings (SSSR count). The van der Waals surface area contributed by atoms with E-state index in [2.05, 4.69) is 22.1 Å². The van der Waals surface area contributed by atoms with E-state index in [-0.39, 0.29) is 0 Å². The van der Waals surface area contributed by atoms with Crippen LogP contribution < -0.4 is 5.73 Å². The third kappa shape index (κ3) is 2.62. The molecule has 0 aliphatic carbocycles. The molecule has 1 aromatic rings. The molecule has 0 bridgehead atoms. The molecule has 12 heavy (non-hydrogen) atoms. The third-order valence-electron chi connectivity index (χ3n) is 1.91. The highest BCUT2D eigenvalue weighted by molar-refractivity contribution is 4.87. The second kappa shape index (κ2) is 4.21. The van der Waals surface area contributed by atoms with Crippen molar-refractivity contribution >= 4 is 0 Å². The first-order valence-corrected chi connectivity index (χ1v) is 4.30. The molecule has 4 nitrogen and oxygen atoms in total. The van der Waals surface area contributed by atoms with Gasteiger partial charge in [-0.05, 0) is 25.8 Å². The maximum atomic E-state index is 5.49. The van der Waals surface area contributed by atoms with E-state index >= 15 is 0 Å². The number of H-pyrrole nitrogens is 1. The van der Waals surface area contributed by atoms with Crippen LogP contribution in [-0.2, 0) is 6.42 Å². The average Bonchev–Trinajstić information content (AvgIpc) is 2.47. The second-order valence-electron chi connectivity index (χ2n) is 3.22. The molecule has 1 heterocycles. The monoisotopic (exact) mass is 168 g/mol. The molecule has 0 fully saturated rings. The van der Waals surface area contributed by atoms with Gasteiger partial charge in [-0.2, -0.15) is 5.10 Å². The Morgan fingerprint density at radius 1 is 1.58 bits per heavy atom. The Hall–Kier alpha value is -0.900. The summed E-state index contributed by atoms with van der Waals surface area (Å²) in [5.74, 6) is 2.34. The average molecular weight is 168 g/mol. The number of hydrogen-bond donors (Lipinski definition) is 2. The number of nitrogens with zero attached hydrogens (tertiary/aromatic N) is 2. The van der Waals surface area contributed by atoms with Gasteiger partial charge in [0.15, 0.2) is 5.82 Å². The summed E-state index contributed by atoms with van der Waals surface area (Å²) in [5, 5.41) is 6.86. The molecule has 1 atom stereocenters. The number of aryl methyl sites for hydroxylation is 2. The Balaban J connectivity index is 2.33. The van der Waals surface area contributed by atoms with Gasteiger partial charge in [0.05, 0.1) is 0 Å². The normalized spacial score (nSPS) is 13.2. The second-order valence-corrected chi connectivity index (χ2v) is 3.22. The van der Waals surface area contributed by atoms with Crippen LogP contribution in [0.5, 0.6) is 0 Å². The lowest BCUT2D eigenvalue weighted by molar-refractivity contribution is 0.536. The zero-order valence-electron chi connectivity index (χ0n) is 7.67. The van der Waals surface area contributed by atoms with Crippen LogP contribution in [0.1, 0.15) is 25.0 Å². The summed E-state index contributed by atoms with van der Waals surface area (Å²) >= 11 is 0. The predicted molar refractivity (Wildman–Crippen MR) is 47.7 cm³/mol. The summed E-state index contributed by atoms with van der Waals surface area (Å²) < 4.78 is 0. The lowest BCUT2D eigenvalue weighted by atomic mass is 10.1. The molecule has 0 amide bonds. The van der Waals surface area contributed by atoms with Gasteiger partial charge in [-0.1, -0.05) is 6.92 Å². The van der Waals surface area contributed by atoms with Crippen LogP contribution >= 0.6 is 0 Å². The Labute approximate surface area is 72.6 Å². The highest BCUT2D eigenvalue weighted by Crippen LogP contribution is 2.04. The lowest BCUT2D eigenvalue weighted by Gasteiger charge is -2.04. The van der Waals surface area contributed by atoms with E-state index in [1.807, 2.05) is 6.92 Å². The Bertz CT molecular complexity index is 231. The SMILES string of the molecule is Cc1nc(CCC(C)CN)n[nH]1. The predicted octanol–water partition coefficient (Wildman–Crippen LogP) is 0.641. The van der Waals surface area contributed by atoms with Crippen LogP contribution in [0.2, 0.25) is 0 Å². The summed E-state index contributed by atoms with van der Waals surface area (Å²) in [6.45, 7) is 4.78. The van der Waals surface area contributed by atoms with Crippen LogP contribution in [0.25, 0.3) is 0 Å².